The standard InChI is InChI=1S/C9H8FN5O2/c10-6-3-1-5(2-4-6)7-14-15-9(17-7)12-8(16)13-11/h1-4H,11H2,(H2,12,13,15,16). The summed E-state index contributed by atoms with van der Waals surface area (Å²) in [4.78, 5) is 10.8. The highest BCUT2D eigenvalue weighted by Crippen LogP contribution is 2.19. The van der Waals surface area contributed by atoms with E-state index >= 15 is 0 Å². The van der Waals surface area contributed by atoms with Gasteiger partial charge < -0.3 is 4.42 Å². The minimum atomic E-state index is -0.681. The van der Waals surface area contributed by atoms with E-state index in [4.69, 9.17) is 10.3 Å². The fourth-order valence-corrected chi connectivity index (χ4v) is 1.12. The van der Waals surface area contributed by atoms with Crippen molar-refractivity contribution >= 4 is 12.0 Å². The first-order valence-electron chi connectivity index (χ1n) is 4.56. The Hall–Kier alpha value is -2.48. The van der Waals surface area contributed by atoms with E-state index in [1.807, 2.05) is 5.43 Å². The molecule has 17 heavy (non-hydrogen) atoms. The summed E-state index contributed by atoms with van der Waals surface area (Å²) in [6, 6.07) is 4.70. The summed E-state index contributed by atoms with van der Waals surface area (Å²) < 4.78 is 17.8. The highest BCUT2D eigenvalue weighted by molar-refractivity contribution is 5.86. The van der Waals surface area contributed by atoms with Gasteiger partial charge in [-0.25, -0.2) is 15.0 Å². The summed E-state index contributed by atoms with van der Waals surface area (Å²) in [6.45, 7) is 0. The van der Waals surface area contributed by atoms with Crippen molar-refractivity contribution in [1.29, 1.82) is 0 Å². The normalized spacial score (nSPS) is 10.0. The molecule has 88 valence electrons. The molecule has 0 spiro atoms. The lowest BCUT2D eigenvalue weighted by molar-refractivity contribution is 0.251. The second-order valence-corrected chi connectivity index (χ2v) is 3.02. The number of hydrogen-bond donors (Lipinski definition) is 3. The van der Waals surface area contributed by atoms with Gasteiger partial charge in [0, 0.05) is 5.56 Å². The van der Waals surface area contributed by atoms with E-state index in [2.05, 4.69) is 15.5 Å². The first kappa shape index (κ1) is 11.0. The second-order valence-electron chi connectivity index (χ2n) is 3.02. The number of rotatable bonds is 2. The average Bonchev–Trinajstić information content (AvgIpc) is 2.78. The first-order chi connectivity index (χ1) is 8.19. The lowest BCUT2D eigenvalue weighted by Crippen LogP contribution is -2.34. The van der Waals surface area contributed by atoms with E-state index in [1.54, 1.807) is 0 Å². The van der Waals surface area contributed by atoms with Crippen LogP contribution in [0, 0.1) is 5.82 Å². The highest BCUT2D eigenvalue weighted by atomic mass is 19.1. The average molecular weight is 237 g/mol. The molecule has 0 aliphatic rings. The minimum absolute atomic E-state index is 0.104. The van der Waals surface area contributed by atoms with E-state index in [0.29, 0.717) is 5.56 Å². The van der Waals surface area contributed by atoms with Crippen LogP contribution in [-0.4, -0.2) is 16.2 Å². The molecule has 8 heteroatoms. The van der Waals surface area contributed by atoms with E-state index in [1.165, 1.54) is 24.3 Å². The molecule has 0 fully saturated rings. The Labute approximate surface area is 94.8 Å². The molecular weight excluding hydrogens is 229 g/mol. The van der Waals surface area contributed by atoms with Crippen molar-refractivity contribution in [2.45, 2.75) is 0 Å². The quantitative estimate of drug-likeness (QED) is 0.408. The Morgan fingerprint density at radius 1 is 1.29 bits per heavy atom. The molecule has 0 aliphatic heterocycles. The van der Waals surface area contributed by atoms with Crippen LogP contribution in [0.2, 0.25) is 0 Å². The molecule has 0 saturated carbocycles. The van der Waals surface area contributed by atoms with Gasteiger partial charge in [0.25, 0.3) is 0 Å². The maximum atomic E-state index is 12.7. The summed E-state index contributed by atoms with van der Waals surface area (Å²) in [6.07, 6.45) is 0. The second kappa shape index (κ2) is 4.58. The molecule has 1 heterocycles. The predicted molar refractivity (Wildman–Crippen MR) is 56.0 cm³/mol. The Morgan fingerprint density at radius 2 is 2.00 bits per heavy atom. The maximum Gasteiger partial charge on any atom is 0.336 e. The van der Waals surface area contributed by atoms with Gasteiger partial charge in [0.05, 0.1) is 0 Å². The van der Waals surface area contributed by atoms with E-state index in [-0.39, 0.29) is 17.7 Å². The van der Waals surface area contributed by atoms with Crippen LogP contribution in [0.4, 0.5) is 15.2 Å². The number of halogens is 1. The Bertz CT molecular complexity index is 524. The molecule has 4 N–H and O–H groups in total. The van der Waals surface area contributed by atoms with E-state index in [9.17, 15) is 9.18 Å². The minimum Gasteiger partial charge on any atom is -0.403 e. The van der Waals surface area contributed by atoms with Crippen LogP contribution in [-0.2, 0) is 0 Å². The zero-order valence-electron chi connectivity index (χ0n) is 8.48. The molecule has 1 aromatic carbocycles. The molecule has 0 saturated heterocycles. The molecule has 0 unspecified atom stereocenters. The number of nitrogens with two attached hydrogens (primary N) is 1. The van der Waals surface area contributed by atoms with Crippen LogP contribution in [0.15, 0.2) is 28.7 Å². The monoisotopic (exact) mass is 237 g/mol. The molecular formula is C9H8FN5O2. The van der Waals surface area contributed by atoms with Gasteiger partial charge in [0.2, 0.25) is 5.89 Å². The molecule has 2 aromatic rings. The number of hydrazine groups is 1. The third-order valence-electron chi connectivity index (χ3n) is 1.87. The first-order valence-corrected chi connectivity index (χ1v) is 4.56. The van der Waals surface area contributed by atoms with Crippen molar-refractivity contribution < 1.29 is 13.6 Å². The summed E-state index contributed by atoms with van der Waals surface area (Å²) in [7, 11) is 0. The Morgan fingerprint density at radius 3 is 2.65 bits per heavy atom. The molecule has 7 nitrogen and oxygen atoms in total. The highest BCUT2D eigenvalue weighted by Gasteiger charge is 2.10. The topological polar surface area (TPSA) is 106 Å². The summed E-state index contributed by atoms with van der Waals surface area (Å²) in [5.74, 6) is 4.66. The van der Waals surface area contributed by atoms with Gasteiger partial charge in [-0.15, -0.1) is 5.10 Å². The smallest absolute Gasteiger partial charge is 0.336 e. The van der Waals surface area contributed by atoms with E-state index < -0.39 is 6.03 Å². The Balaban J connectivity index is 2.18. The van der Waals surface area contributed by atoms with Crippen LogP contribution in [0.25, 0.3) is 11.5 Å². The van der Waals surface area contributed by atoms with Crippen LogP contribution >= 0.6 is 0 Å². The van der Waals surface area contributed by atoms with Gasteiger partial charge in [-0.05, 0) is 24.3 Å². The molecule has 0 radical (unpaired) electrons. The number of nitrogens with one attached hydrogen (secondary N) is 2. The van der Waals surface area contributed by atoms with Gasteiger partial charge in [-0.3, -0.25) is 10.7 Å². The van der Waals surface area contributed by atoms with E-state index in [0.717, 1.165) is 0 Å². The van der Waals surface area contributed by atoms with Gasteiger partial charge in [-0.2, -0.15) is 0 Å². The van der Waals surface area contributed by atoms with Crippen molar-refractivity contribution in [2.75, 3.05) is 5.32 Å². The van der Waals surface area contributed by atoms with Crippen molar-refractivity contribution in [3.05, 3.63) is 30.1 Å². The Kier molecular flexibility index (Phi) is 2.97. The van der Waals surface area contributed by atoms with Crippen LogP contribution < -0.4 is 16.6 Å². The zero-order valence-corrected chi connectivity index (χ0v) is 8.48. The number of hydrogen-bond acceptors (Lipinski definition) is 5. The molecule has 2 amide bonds. The summed E-state index contributed by atoms with van der Waals surface area (Å²) in [5.41, 5.74) is 2.38. The van der Waals surface area contributed by atoms with Crippen LogP contribution in [0.5, 0.6) is 0 Å². The lowest BCUT2D eigenvalue weighted by Gasteiger charge is -1.96. The fourth-order valence-electron chi connectivity index (χ4n) is 1.12. The SMILES string of the molecule is NNC(=O)Nc1nnc(-c2ccc(F)cc2)o1. The van der Waals surface area contributed by atoms with Gasteiger partial charge >= 0.3 is 12.0 Å². The fraction of sp³-hybridized carbons (Fsp3) is 0. The number of nitrogens with zero attached hydrogens (tertiary/aromatic N) is 2. The largest absolute Gasteiger partial charge is 0.403 e. The van der Waals surface area contributed by atoms with Crippen molar-refractivity contribution in [3.63, 3.8) is 0 Å². The van der Waals surface area contributed by atoms with Gasteiger partial charge in [-0.1, -0.05) is 5.10 Å². The number of amides is 2. The third-order valence-corrected chi connectivity index (χ3v) is 1.87. The maximum absolute atomic E-state index is 12.7. The molecule has 1 aromatic heterocycles. The number of urea groups is 1. The number of benzene rings is 1. The number of carbonyl (C=O) groups excluding carboxylic acids is 1. The molecule has 0 aliphatic carbocycles. The van der Waals surface area contributed by atoms with Crippen molar-refractivity contribution in [2.24, 2.45) is 5.84 Å². The van der Waals surface area contributed by atoms with Crippen LogP contribution in [0.1, 0.15) is 0 Å². The summed E-state index contributed by atoms with van der Waals surface area (Å²) in [5, 5.41) is 9.45. The lowest BCUT2D eigenvalue weighted by atomic mass is 10.2. The molecule has 0 bridgehead atoms. The number of aromatic nitrogens is 2. The molecule has 0 atom stereocenters. The third kappa shape index (κ3) is 2.55. The number of anilines is 1. The van der Waals surface area contributed by atoms with Crippen molar-refractivity contribution in [1.82, 2.24) is 15.6 Å². The number of carbonyl (C=O) groups is 1. The predicted octanol–water partition coefficient (Wildman–Crippen LogP) is 0.871. The van der Waals surface area contributed by atoms with Crippen molar-refractivity contribution in [3.8, 4) is 11.5 Å². The zero-order chi connectivity index (χ0) is 12.3. The van der Waals surface area contributed by atoms with Gasteiger partial charge in [0.15, 0.2) is 0 Å². The van der Waals surface area contributed by atoms with Gasteiger partial charge in [0.1, 0.15) is 5.82 Å². The summed E-state index contributed by atoms with van der Waals surface area (Å²) >= 11 is 0. The van der Waals surface area contributed by atoms with Crippen LogP contribution in [0.3, 0.4) is 0 Å². The molecule has 2 rings (SSSR count).